The van der Waals surface area contributed by atoms with Gasteiger partial charge in [0.25, 0.3) is 0 Å². The Morgan fingerprint density at radius 3 is 2.30 bits per heavy atom. The highest BCUT2D eigenvalue weighted by atomic mass is 127. The summed E-state index contributed by atoms with van der Waals surface area (Å²) >= 11 is 0. The first kappa shape index (κ1) is 20.5. The fourth-order valence-corrected chi connectivity index (χ4v) is 2.92. The molecular weight excluding hydrogens is 405 g/mol. The highest BCUT2D eigenvalue weighted by Gasteiger charge is 2.35. The highest BCUT2D eigenvalue weighted by Crippen LogP contribution is 2.37. The van der Waals surface area contributed by atoms with E-state index in [1.54, 1.807) is 0 Å². The van der Waals surface area contributed by atoms with Gasteiger partial charge in [-0.05, 0) is 39.0 Å². The van der Waals surface area contributed by atoms with E-state index in [0.717, 1.165) is 57.1 Å². The summed E-state index contributed by atoms with van der Waals surface area (Å²) in [7, 11) is 0. The second-order valence-corrected chi connectivity index (χ2v) is 7.07. The smallest absolute Gasteiger partial charge is 0.237 e. The van der Waals surface area contributed by atoms with Crippen LogP contribution in [0.2, 0.25) is 0 Å². The number of hydrogen-bond acceptors (Lipinski definition) is 3. The van der Waals surface area contributed by atoms with Gasteiger partial charge in [0.05, 0.1) is 5.54 Å². The first-order valence-corrected chi connectivity index (χ1v) is 8.44. The van der Waals surface area contributed by atoms with E-state index in [-0.39, 0.29) is 29.9 Å². The second-order valence-electron chi connectivity index (χ2n) is 7.07. The van der Waals surface area contributed by atoms with Crippen LogP contribution < -0.4 is 11.1 Å². The minimum absolute atomic E-state index is 0. The number of nitrogens with two attached hydrogens (primary N) is 1. The molecule has 1 aliphatic carbocycles. The maximum absolute atomic E-state index is 11.6. The summed E-state index contributed by atoms with van der Waals surface area (Å²) in [6.07, 6.45) is 1.31. The molecule has 1 saturated heterocycles. The molecule has 23 heavy (non-hydrogen) atoms. The standard InChI is InChI=1S/C16H31N5O.HI/c1-5-18-15(19-11-13-10-12(13)2)20-6-8-21(9-7-20)16(3,4)14(17)22;/h12-13H,5-11H2,1-4H3,(H2,17,22)(H,18,19);1H. The number of rotatable bonds is 5. The Balaban J connectivity index is 0.00000264. The lowest BCUT2D eigenvalue weighted by Gasteiger charge is -2.43. The van der Waals surface area contributed by atoms with Crippen molar-refractivity contribution in [2.45, 2.75) is 39.7 Å². The van der Waals surface area contributed by atoms with Crippen molar-refractivity contribution in [1.82, 2.24) is 15.1 Å². The molecule has 1 heterocycles. The van der Waals surface area contributed by atoms with Gasteiger partial charge in [-0.15, -0.1) is 24.0 Å². The summed E-state index contributed by atoms with van der Waals surface area (Å²) in [5.41, 5.74) is 4.94. The lowest BCUT2D eigenvalue weighted by Crippen LogP contribution is -2.61. The second kappa shape index (κ2) is 8.50. The molecule has 2 rings (SSSR count). The van der Waals surface area contributed by atoms with Crippen LogP contribution in [0.1, 0.15) is 34.1 Å². The Hall–Kier alpha value is -0.570. The van der Waals surface area contributed by atoms with Crippen LogP contribution in [0.3, 0.4) is 0 Å². The van der Waals surface area contributed by atoms with Crippen molar-refractivity contribution < 1.29 is 4.79 Å². The maximum Gasteiger partial charge on any atom is 0.237 e. The third kappa shape index (κ3) is 5.20. The molecule has 134 valence electrons. The number of primary amides is 1. The summed E-state index contributed by atoms with van der Waals surface area (Å²) in [4.78, 5) is 20.8. The zero-order valence-corrected chi connectivity index (χ0v) is 17.2. The van der Waals surface area contributed by atoms with Crippen LogP contribution in [-0.4, -0.2) is 66.5 Å². The van der Waals surface area contributed by atoms with Crippen LogP contribution in [0.5, 0.6) is 0 Å². The lowest BCUT2D eigenvalue weighted by molar-refractivity contribution is -0.129. The molecule has 0 aromatic rings. The van der Waals surface area contributed by atoms with Crippen molar-refractivity contribution in [3.8, 4) is 0 Å². The van der Waals surface area contributed by atoms with Gasteiger partial charge in [-0.2, -0.15) is 0 Å². The maximum atomic E-state index is 11.6. The Morgan fingerprint density at radius 2 is 1.87 bits per heavy atom. The van der Waals surface area contributed by atoms with Crippen molar-refractivity contribution in [2.24, 2.45) is 22.6 Å². The van der Waals surface area contributed by atoms with Gasteiger partial charge >= 0.3 is 0 Å². The Kier molecular flexibility index (Phi) is 7.57. The number of hydrogen-bond donors (Lipinski definition) is 2. The van der Waals surface area contributed by atoms with Crippen LogP contribution in [0.15, 0.2) is 4.99 Å². The van der Waals surface area contributed by atoms with Crippen LogP contribution in [0.25, 0.3) is 0 Å². The van der Waals surface area contributed by atoms with Crippen LogP contribution in [0.4, 0.5) is 0 Å². The van der Waals surface area contributed by atoms with Gasteiger partial charge in [0.2, 0.25) is 5.91 Å². The number of nitrogens with zero attached hydrogens (tertiary/aromatic N) is 3. The molecule has 1 aliphatic heterocycles. The number of amides is 1. The van der Waals surface area contributed by atoms with Crippen molar-refractivity contribution in [2.75, 3.05) is 39.3 Å². The summed E-state index contributed by atoms with van der Waals surface area (Å²) in [5.74, 6) is 2.35. The predicted octanol–water partition coefficient (Wildman–Crippen LogP) is 1.11. The fourth-order valence-electron chi connectivity index (χ4n) is 2.92. The zero-order chi connectivity index (χ0) is 16.3. The van der Waals surface area contributed by atoms with Gasteiger partial charge in [0.1, 0.15) is 0 Å². The number of guanidine groups is 1. The topological polar surface area (TPSA) is 74.0 Å². The molecule has 2 unspecified atom stereocenters. The molecule has 2 fully saturated rings. The number of piperazine rings is 1. The van der Waals surface area contributed by atoms with Crippen LogP contribution >= 0.6 is 24.0 Å². The molecule has 1 amide bonds. The number of nitrogens with one attached hydrogen (secondary N) is 1. The Morgan fingerprint density at radius 1 is 1.30 bits per heavy atom. The first-order valence-electron chi connectivity index (χ1n) is 8.44. The van der Waals surface area contributed by atoms with Gasteiger partial charge in [-0.1, -0.05) is 6.92 Å². The molecule has 0 radical (unpaired) electrons. The quantitative estimate of drug-likeness (QED) is 0.384. The van der Waals surface area contributed by atoms with Crippen molar-refractivity contribution in [3.63, 3.8) is 0 Å². The normalized spacial score (nSPS) is 25.7. The fraction of sp³-hybridized carbons (Fsp3) is 0.875. The molecule has 2 atom stereocenters. The van der Waals surface area contributed by atoms with Crippen LogP contribution in [-0.2, 0) is 4.79 Å². The van der Waals surface area contributed by atoms with E-state index in [1.807, 2.05) is 13.8 Å². The van der Waals surface area contributed by atoms with Crippen LogP contribution in [0, 0.1) is 11.8 Å². The van der Waals surface area contributed by atoms with E-state index >= 15 is 0 Å². The molecule has 6 nitrogen and oxygen atoms in total. The van der Waals surface area contributed by atoms with Crippen molar-refractivity contribution in [1.29, 1.82) is 0 Å². The summed E-state index contributed by atoms with van der Waals surface area (Å²) in [5, 5.41) is 3.39. The average Bonchev–Trinajstić information content (AvgIpc) is 3.19. The molecule has 1 saturated carbocycles. The predicted molar refractivity (Wildman–Crippen MR) is 105 cm³/mol. The zero-order valence-electron chi connectivity index (χ0n) is 14.8. The number of carbonyl (C=O) groups is 1. The van der Waals surface area contributed by atoms with Crippen molar-refractivity contribution >= 4 is 35.8 Å². The van der Waals surface area contributed by atoms with E-state index in [1.165, 1.54) is 6.42 Å². The van der Waals surface area contributed by atoms with Crippen molar-refractivity contribution in [3.05, 3.63) is 0 Å². The minimum Gasteiger partial charge on any atom is -0.368 e. The van der Waals surface area contributed by atoms with Gasteiger partial charge in [0, 0.05) is 39.3 Å². The number of carbonyl (C=O) groups excluding carboxylic acids is 1. The average molecular weight is 437 g/mol. The Bertz CT molecular complexity index is 432. The SMILES string of the molecule is CCNC(=NCC1CC1C)N1CCN(C(C)(C)C(N)=O)CC1.I. The Labute approximate surface area is 157 Å². The third-order valence-corrected chi connectivity index (χ3v) is 5.06. The summed E-state index contributed by atoms with van der Waals surface area (Å²) in [6, 6.07) is 0. The minimum atomic E-state index is -0.578. The number of halogens is 1. The molecule has 2 aliphatic rings. The number of aliphatic imine (C=N–C) groups is 1. The summed E-state index contributed by atoms with van der Waals surface area (Å²) in [6.45, 7) is 13.4. The molecule has 0 bridgehead atoms. The molecular formula is C16H32IN5O. The van der Waals surface area contributed by atoms with E-state index < -0.39 is 5.54 Å². The molecule has 0 aromatic heterocycles. The highest BCUT2D eigenvalue weighted by molar-refractivity contribution is 14.0. The van der Waals surface area contributed by atoms with Gasteiger partial charge in [-0.3, -0.25) is 14.7 Å². The molecule has 0 spiro atoms. The third-order valence-electron chi connectivity index (χ3n) is 5.06. The first-order chi connectivity index (χ1) is 10.4. The van der Waals surface area contributed by atoms with Gasteiger partial charge < -0.3 is 16.0 Å². The summed E-state index contributed by atoms with van der Waals surface area (Å²) < 4.78 is 0. The lowest BCUT2D eigenvalue weighted by atomic mass is 10.0. The van der Waals surface area contributed by atoms with E-state index in [0.29, 0.717) is 0 Å². The van der Waals surface area contributed by atoms with Gasteiger partial charge in [0.15, 0.2) is 5.96 Å². The molecule has 3 N–H and O–H groups in total. The van der Waals surface area contributed by atoms with E-state index in [2.05, 4.69) is 29.0 Å². The molecule has 7 heteroatoms. The van der Waals surface area contributed by atoms with Gasteiger partial charge in [-0.25, -0.2) is 0 Å². The van der Waals surface area contributed by atoms with E-state index in [9.17, 15) is 4.79 Å². The largest absolute Gasteiger partial charge is 0.368 e. The molecule has 0 aromatic carbocycles. The monoisotopic (exact) mass is 437 g/mol. The van der Waals surface area contributed by atoms with E-state index in [4.69, 9.17) is 10.7 Å².